The molecule has 0 heterocycles. The summed E-state index contributed by atoms with van der Waals surface area (Å²) in [5.74, 6) is -1.23. The van der Waals surface area contributed by atoms with Gasteiger partial charge >= 0.3 is 0 Å². The third-order valence-corrected chi connectivity index (χ3v) is 2.79. The van der Waals surface area contributed by atoms with Crippen molar-refractivity contribution in [2.75, 3.05) is 0 Å². The number of halogens is 2. The van der Waals surface area contributed by atoms with Gasteiger partial charge < -0.3 is 9.84 Å². The average Bonchev–Trinajstić information content (AvgIpc) is 2.41. The molecule has 0 fully saturated rings. The molecule has 1 unspecified atom stereocenters. The van der Waals surface area contributed by atoms with Crippen molar-refractivity contribution < 1.29 is 18.6 Å². The number of aliphatic hydroxyl groups is 1. The molecule has 1 N–H and O–H groups in total. The van der Waals surface area contributed by atoms with Gasteiger partial charge in [0.25, 0.3) is 0 Å². The first-order valence-corrected chi connectivity index (χ1v) is 5.91. The zero-order chi connectivity index (χ0) is 13.8. The molecule has 0 aliphatic rings. The standard InChI is InChI=1S/C15H14F2O2/c1-10(18)11-5-7-13(8-6-11)19-9-12-3-2-4-14(16)15(12)17/h2-8,10,18H,9H2,1H3. The van der Waals surface area contributed by atoms with E-state index in [0.717, 1.165) is 11.6 Å². The molecule has 2 aromatic carbocycles. The van der Waals surface area contributed by atoms with Crippen molar-refractivity contribution in [3.05, 3.63) is 65.2 Å². The van der Waals surface area contributed by atoms with E-state index in [1.54, 1.807) is 31.2 Å². The van der Waals surface area contributed by atoms with E-state index >= 15 is 0 Å². The van der Waals surface area contributed by atoms with E-state index in [2.05, 4.69) is 0 Å². The fraction of sp³-hybridized carbons (Fsp3) is 0.200. The minimum absolute atomic E-state index is 0.0440. The summed E-state index contributed by atoms with van der Waals surface area (Å²) in [6.45, 7) is 1.62. The van der Waals surface area contributed by atoms with Gasteiger partial charge in [-0.2, -0.15) is 0 Å². The van der Waals surface area contributed by atoms with Gasteiger partial charge in [0.1, 0.15) is 12.4 Å². The Morgan fingerprint density at radius 2 is 1.79 bits per heavy atom. The molecule has 0 saturated heterocycles. The van der Waals surface area contributed by atoms with Crippen LogP contribution in [-0.4, -0.2) is 5.11 Å². The van der Waals surface area contributed by atoms with E-state index < -0.39 is 17.7 Å². The first-order valence-electron chi connectivity index (χ1n) is 5.91. The Bertz CT molecular complexity index is 551. The molecule has 2 nitrogen and oxygen atoms in total. The van der Waals surface area contributed by atoms with Gasteiger partial charge in [-0.1, -0.05) is 24.3 Å². The molecular formula is C15H14F2O2. The average molecular weight is 264 g/mol. The van der Waals surface area contributed by atoms with Crippen LogP contribution in [0.4, 0.5) is 8.78 Å². The van der Waals surface area contributed by atoms with E-state index in [9.17, 15) is 13.9 Å². The second-order valence-electron chi connectivity index (χ2n) is 4.25. The van der Waals surface area contributed by atoms with Crippen LogP contribution in [0.25, 0.3) is 0 Å². The largest absolute Gasteiger partial charge is 0.489 e. The predicted octanol–water partition coefficient (Wildman–Crippen LogP) is 3.60. The summed E-state index contributed by atoms with van der Waals surface area (Å²) >= 11 is 0. The topological polar surface area (TPSA) is 29.5 Å². The highest BCUT2D eigenvalue weighted by Crippen LogP contribution is 2.19. The van der Waals surface area contributed by atoms with Crippen LogP contribution in [0.3, 0.4) is 0 Å². The maximum absolute atomic E-state index is 13.4. The zero-order valence-electron chi connectivity index (χ0n) is 10.4. The highest BCUT2D eigenvalue weighted by molar-refractivity contribution is 5.29. The number of benzene rings is 2. The molecule has 0 saturated carbocycles. The normalized spacial score (nSPS) is 12.2. The van der Waals surface area contributed by atoms with Gasteiger partial charge in [0.05, 0.1) is 6.10 Å². The number of aliphatic hydroxyl groups excluding tert-OH is 1. The van der Waals surface area contributed by atoms with Crippen molar-refractivity contribution in [3.63, 3.8) is 0 Å². The molecule has 0 aliphatic carbocycles. The van der Waals surface area contributed by atoms with E-state index in [-0.39, 0.29) is 12.2 Å². The van der Waals surface area contributed by atoms with Gasteiger partial charge in [0.2, 0.25) is 0 Å². The number of hydrogen-bond acceptors (Lipinski definition) is 2. The lowest BCUT2D eigenvalue weighted by molar-refractivity contribution is 0.199. The lowest BCUT2D eigenvalue weighted by Gasteiger charge is -2.09. The molecule has 0 radical (unpaired) electrons. The predicted molar refractivity (Wildman–Crippen MR) is 67.8 cm³/mol. The van der Waals surface area contributed by atoms with Crippen LogP contribution in [0.15, 0.2) is 42.5 Å². The van der Waals surface area contributed by atoms with Crippen LogP contribution in [0.2, 0.25) is 0 Å². The summed E-state index contributed by atoms with van der Waals surface area (Å²) in [5.41, 5.74) is 0.934. The van der Waals surface area contributed by atoms with Gasteiger partial charge in [-0.25, -0.2) is 8.78 Å². The van der Waals surface area contributed by atoms with E-state index in [1.165, 1.54) is 12.1 Å². The van der Waals surface area contributed by atoms with E-state index in [4.69, 9.17) is 4.74 Å². The molecule has 0 spiro atoms. The Balaban J connectivity index is 2.04. The monoisotopic (exact) mass is 264 g/mol. The van der Waals surface area contributed by atoms with Crippen LogP contribution in [0, 0.1) is 11.6 Å². The summed E-state index contributed by atoms with van der Waals surface area (Å²) < 4.78 is 31.7. The fourth-order valence-corrected chi connectivity index (χ4v) is 1.66. The Morgan fingerprint density at radius 3 is 2.42 bits per heavy atom. The molecular weight excluding hydrogens is 250 g/mol. The van der Waals surface area contributed by atoms with Crippen LogP contribution in [0.5, 0.6) is 5.75 Å². The van der Waals surface area contributed by atoms with Crippen molar-refractivity contribution in [1.82, 2.24) is 0 Å². The zero-order valence-corrected chi connectivity index (χ0v) is 10.4. The van der Waals surface area contributed by atoms with Gasteiger partial charge in [-0.15, -0.1) is 0 Å². The first kappa shape index (κ1) is 13.5. The summed E-state index contributed by atoms with van der Waals surface area (Å²) in [4.78, 5) is 0. The molecule has 2 aromatic rings. The first-order chi connectivity index (χ1) is 9.08. The highest BCUT2D eigenvalue weighted by Gasteiger charge is 2.08. The summed E-state index contributed by atoms with van der Waals surface area (Å²) in [5, 5.41) is 9.36. The van der Waals surface area contributed by atoms with Crippen LogP contribution >= 0.6 is 0 Å². The molecule has 0 bridgehead atoms. The highest BCUT2D eigenvalue weighted by atomic mass is 19.2. The smallest absolute Gasteiger partial charge is 0.165 e. The lowest BCUT2D eigenvalue weighted by atomic mass is 10.1. The molecule has 2 rings (SSSR count). The van der Waals surface area contributed by atoms with E-state index in [1.807, 2.05) is 0 Å². The van der Waals surface area contributed by atoms with Crippen molar-refractivity contribution in [2.24, 2.45) is 0 Å². The number of ether oxygens (including phenoxy) is 1. The molecule has 0 amide bonds. The van der Waals surface area contributed by atoms with Gasteiger partial charge in [0.15, 0.2) is 11.6 Å². The van der Waals surface area contributed by atoms with Crippen molar-refractivity contribution in [1.29, 1.82) is 0 Å². The summed E-state index contributed by atoms with van der Waals surface area (Å²) in [7, 11) is 0. The van der Waals surface area contributed by atoms with Gasteiger partial charge in [-0.05, 0) is 30.7 Å². The minimum Gasteiger partial charge on any atom is -0.489 e. The van der Waals surface area contributed by atoms with Crippen molar-refractivity contribution >= 4 is 0 Å². The summed E-state index contributed by atoms with van der Waals surface area (Å²) in [6.07, 6.45) is -0.547. The van der Waals surface area contributed by atoms with Gasteiger partial charge in [-0.3, -0.25) is 0 Å². The quantitative estimate of drug-likeness (QED) is 0.914. The van der Waals surface area contributed by atoms with E-state index in [0.29, 0.717) is 5.75 Å². The molecule has 1 atom stereocenters. The fourth-order valence-electron chi connectivity index (χ4n) is 1.66. The second kappa shape index (κ2) is 5.80. The lowest BCUT2D eigenvalue weighted by Crippen LogP contribution is -2.00. The third-order valence-electron chi connectivity index (χ3n) is 2.79. The number of hydrogen-bond donors (Lipinski definition) is 1. The van der Waals surface area contributed by atoms with Crippen LogP contribution in [-0.2, 0) is 6.61 Å². The van der Waals surface area contributed by atoms with Gasteiger partial charge in [0, 0.05) is 5.56 Å². The second-order valence-corrected chi connectivity index (χ2v) is 4.25. The maximum atomic E-state index is 13.4. The SMILES string of the molecule is CC(O)c1ccc(OCc2cccc(F)c2F)cc1. The Morgan fingerprint density at radius 1 is 1.11 bits per heavy atom. The third kappa shape index (κ3) is 3.29. The maximum Gasteiger partial charge on any atom is 0.165 e. The van der Waals surface area contributed by atoms with Crippen molar-refractivity contribution in [2.45, 2.75) is 19.6 Å². The Kier molecular flexibility index (Phi) is 4.12. The molecule has 4 heteroatoms. The molecule has 100 valence electrons. The molecule has 19 heavy (non-hydrogen) atoms. The Labute approximate surface area is 110 Å². The van der Waals surface area contributed by atoms with Crippen LogP contribution < -0.4 is 4.74 Å². The summed E-state index contributed by atoms with van der Waals surface area (Å²) in [6, 6.07) is 10.8. The number of rotatable bonds is 4. The van der Waals surface area contributed by atoms with Crippen LogP contribution in [0.1, 0.15) is 24.2 Å². The van der Waals surface area contributed by atoms with Crippen molar-refractivity contribution in [3.8, 4) is 5.75 Å². The Hall–Kier alpha value is -1.94. The molecule has 0 aromatic heterocycles. The minimum atomic E-state index is -0.886. The molecule has 0 aliphatic heterocycles.